The van der Waals surface area contributed by atoms with Crippen LogP contribution in [0, 0.1) is 19.9 Å². The van der Waals surface area contributed by atoms with E-state index in [0.29, 0.717) is 28.6 Å². The Balaban J connectivity index is 0.00000294. The zero-order valence-corrected chi connectivity index (χ0v) is 23.0. The molecular weight excluding hydrogens is 656 g/mol. The van der Waals surface area contributed by atoms with E-state index in [0.717, 1.165) is 28.1 Å². The molecule has 3 aromatic carbocycles. The van der Waals surface area contributed by atoms with Crippen LogP contribution in [0.2, 0.25) is 0 Å². The van der Waals surface area contributed by atoms with Crippen molar-refractivity contribution in [3.05, 3.63) is 114 Å². The number of ether oxygens (including phenoxy) is 1. The van der Waals surface area contributed by atoms with Gasteiger partial charge in [-0.05, 0) is 49.6 Å². The van der Waals surface area contributed by atoms with Gasteiger partial charge in [0.25, 0.3) is 0 Å². The van der Waals surface area contributed by atoms with Crippen molar-refractivity contribution < 1.29 is 35.6 Å². The van der Waals surface area contributed by atoms with Gasteiger partial charge in [-0.1, -0.05) is 53.2 Å². The van der Waals surface area contributed by atoms with Gasteiger partial charge in [-0.15, -0.1) is 18.2 Å². The van der Waals surface area contributed by atoms with E-state index in [1.165, 1.54) is 0 Å². The number of aryl methyl sites for hydroxylation is 2. The van der Waals surface area contributed by atoms with E-state index < -0.39 is 0 Å². The van der Waals surface area contributed by atoms with Gasteiger partial charge in [-0.2, -0.15) is 6.07 Å². The standard InChI is InChI=1S/C30H23BN3O3.Pt/c1-20-9-5-10-21(2)29(20)31-34(30-27(37-31)16-8-18-32-30)22-11-6-12-23(19-22)36-28-17-7-14-25(33-28)24-13-3-4-15-26(24)35;/h3-18,35H,1-2H3;/q-1;. The third kappa shape index (κ3) is 4.78. The zero-order chi connectivity index (χ0) is 25.4. The molecule has 0 radical (unpaired) electrons. The van der Waals surface area contributed by atoms with Gasteiger partial charge in [-0.25, -0.2) is 9.97 Å². The number of hydrogen-bond acceptors (Lipinski definition) is 6. The third-order valence-electron chi connectivity index (χ3n) is 6.37. The minimum Gasteiger partial charge on any atom is -0.535 e. The molecule has 5 aromatic rings. The monoisotopic (exact) mass is 679 g/mol. The van der Waals surface area contributed by atoms with Gasteiger partial charge in [0.1, 0.15) is 11.5 Å². The number of pyridine rings is 2. The summed E-state index contributed by atoms with van der Waals surface area (Å²) in [5, 5.41) is 10.2. The van der Waals surface area contributed by atoms with Crippen LogP contribution in [0.5, 0.6) is 23.1 Å². The van der Waals surface area contributed by atoms with Crippen molar-refractivity contribution in [1.29, 1.82) is 0 Å². The van der Waals surface area contributed by atoms with E-state index in [4.69, 9.17) is 9.39 Å². The van der Waals surface area contributed by atoms with E-state index in [2.05, 4.69) is 48.1 Å². The molecule has 0 spiro atoms. The molecule has 8 heteroatoms. The molecular formula is C30H23BN3O3Pt-. The van der Waals surface area contributed by atoms with Crippen LogP contribution in [0.25, 0.3) is 11.3 Å². The Morgan fingerprint density at radius 3 is 2.45 bits per heavy atom. The SMILES string of the molecule is Cc1cccc(C)c1B1Oc2cccnc2N1c1[c-]c(Oc2cccc(-c3ccccc3O)n2)ccc1.[Pt]. The summed E-state index contributed by atoms with van der Waals surface area (Å²) in [6.07, 6.45) is 1.76. The average molecular weight is 679 g/mol. The second-order valence-corrected chi connectivity index (χ2v) is 8.85. The number of aromatic hydroxyl groups is 1. The molecule has 0 fully saturated rings. The largest absolute Gasteiger partial charge is 0.535 e. The topological polar surface area (TPSA) is 67.7 Å². The van der Waals surface area contributed by atoms with Crippen molar-refractivity contribution in [3.63, 3.8) is 0 Å². The van der Waals surface area contributed by atoms with Gasteiger partial charge < -0.3 is 19.3 Å². The number of para-hydroxylation sites is 1. The quantitative estimate of drug-likeness (QED) is 0.182. The molecule has 1 aliphatic rings. The van der Waals surface area contributed by atoms with Crippen LogP contribution >= 0.6 is 0 Å². The number of aromatic nitrogens is 2. The van der Waals surface area contributed by atoms with E-state index >= 15 is 0 Å². The maximum Gasteiger partial charge on any atom is 0.524 e. The zero-order valence-electron chi connectivity index (χ0n) is 20.7. The minimum absolute atomic E-state index is 0. The fraction of sp³-hybridized carbons (Fsp3) is 0.0667. The van der Waals surface area contributed by atoms with Gasteiger partial charge in [0.15, 0.2) is 5.82 Å². The number of phenols is 1. The Bertz CT molecular complexity index is 1590. The predicted octanol–water partition coefficient (Wildman–Crippen LogP) is 5.98. The van der Waals surface area contributed by atoms with Crippen LogP contribution in [0.1, 0.15) is 11.1 Å². The predicted molar refractivity (Wildman–Crippen MR) is 145 cm³/mol. The first-order valence-electron chi connectivity index (χ1n) is 12.0. The van der Waals surface area contributed by atoms with Crippen molar-refractivity contribution in [3.8, 4) is 34.4 Å². The molecule has 1 aliphatic heterocycles. The average Bonchev–Trinajstić information content (AvgIpc) is 3.28. The van der Waals surface area contributed by atoms with Crippen molar-refractivity contribution in [2.75, 3.05) is 4.81 Å². The first-order chi connectivity index (χ1) is 18.1. The molecule has 190 valence electrons. The molecule has 2 aromatic heterocycles. The van der Waals surface area contributed by atoms with Crippen molar-refractivity contribution >= 4 is 24.0 Å². The Morgan fingerprint density at radius 1 is 0.868 bits per heavy atom. The first-order valence-corrected chi connectivity index (χ1v) is 12.0. The van der Waals surface area contributed by atoms with Gasteiger partial charge in [-0.3, -0.25) is 0 Å². The summed E-state index contributed by atoms with van der Waals surface area (Å²) in [6.45, 7) is 4.18. The second-order valence-electron chi connectivity index (χ2n) is 8.85. The molecule has 0 atom stereocenters. The number of nitrogens with zero attached hydrogens (tertiary/aromatic N) is 3. The van der Waals surface area contributed by atoms with Gasteiger partial charge in [0.05, 0.1) is 5.69 Å². The number of benzene rings is 3. The Morgan fingerprint density at radius 2 is 1.63 bits per heavy atom. The fourth-order valence-corrected chi connectivity index (χ4v) is 4.65. The van der Waals surface area contributed by atoms with Crippen LogP contribution in [-0.2, 0) is 21.1 Å². The molecule has 0 aliphatic carbocycles. The van der Waals surface area contributed by atoms with E-state index in [1.54, 1.807) is 24.4 Å². The van der Waals surface area contributed by atoms with Crippen LogP contribution in [0.15, 0.2) is 97.2 Å². The van der Waals surface area contributed by atoms with Crippen molar-refractivity contribution in [2.24, 2.45) is 0 Å². The van der Waals surface area contributed by atoms with E-state index in [-0.39, 0.29) is 33.9 Å². The van der Waals surface area contributed by atoms with Gasteiger partial charge in [0.2, 0.25) is 5.88 Å². The second kappa shape index (κ2) is 10.7. The minimum atomic E-state index is -0.389. The molecule has 0 amide bonds. The molecule has 0 saturated carbocycles. The van der Waals surface area contributed by atoms with Gasteiger partial charge in [0, 0.05) is 44.6 Å². The maximum absolute atomic E-state index is 10.2. The molecule has 0 unspecified atom stereocenters. The molecule has 1 N–H and O–H groups in total. The van der Waals surface area contributed by atoms with Crippen LogP contribution in [0.3, 0.4) is 0 Å². The van der Waals surface area contributed by atoms with Crippen molar-refractivity contribution in [2.45, 2.75) is 13.8 Å². The Kier molecular flexibility index (Phi) is 7.21. The summed E-state index contributed by atoms with van der Waals surface area (Å²) >= 11 is 0. The number of hydrogen-bond donors (Lipinski definition) is 1. The summed E-state index contributed by atoms with van der Waals surface area (Å²) < 4.78 is 12.5. The molecule has 3 heterocycles. The summed E-state index contributed by atoms with van der Waals surface area (Å²) in [6, 6.07) is 31.7. The third-order valence-corrected chi connectivity index (χ3v) is 6.37. The fourth-order valence-electron chi connectivity index (χ4n) is 4.65. The molecule has 6 rings (SSSR count). The van der Waals surface area contributed by atoms with Crippen LogP contribution in [0.4, 0.5) is 11.5 Å². The molecule has 0 saturated heterocycles. The van der Waals surface area contributed by atoms with E-state index in [1.807, 2.05) is 59.4 Å². The summed E-state index contributed by atoms with van der Waals surface area (Å²) in [5.41, 5.74) is 5.39. The number of phenolic OH excluding ortho intramolecular Hbond substituents is 1. The number of anilines is 2. The van der Waals surface area contributed by atoms with Crippen LogP contribution in [-0.4, -0.2) is 22.1 Å². The molecule has 6 nitrogen and oxygen atoms in total. The summed E-state index contributed by atoms with van der Waals surface area (Å²) in [5.74, 6) is 2.51. The van der Waals surface area contributed by atoms with Crippen molar-refractivity contribution in [1.82, 2.24) is 9.97 Å². The normalized spacial score (nSPS) is 11.9. The maximum atomic E-state index is 10.2. The summed E-state index contributed by atoms with van der Waals surface area (Å²) in [7, 11) is -0.389. The smallest absolute Gasteiger partial charge is 0.524 e. The number of fused-ring (bicyclic) bond motifs is 1. The Labute approximate surface area is 236 Å². The van der Waals surface area contributed by atoms with Crippen LogP contribution < -0.4 is 19.7 Å². The van der Waals surface area contributed by atoms with E-state index in [9.17, 15) is 5.11 Å². The Hall–Kier alpha value is -4.09. The molecule has 0 bridgehead atoms. The van der Waals surface area contributed by atoms with Gasteiger partial charge >= 0.3 is 7.05 Å². The summed E-state index contributed by atoms with van der Waals surface area (Å²) in [4.78, 5) is 11.3. The number of rotatable bonds is 5. The first kappa shape index (κ1) is 25.6. The molecule has 38 heavy (non-hydrogen) atoms.